The summed E-state index contributed by atoms with van der Waals surface area (Å²) in [6.07, 6.45) is 1.51. The molecule has 1 heterocycles. The second-order valence-corrected chi connectivity index (χ2v) is 5.16. The van der Waals surface area contributed by atoms with Crippen LogP contribution in [0.25, 0.3) is 22.7 Å². The van der Waals surface area contributed by atoms with Crippen LogP contribution in [0.1, 0.15) is 11.4 Å². The number of allylic oxidation sites excluding steroid dienone is 1. The highest BCUT2D eigenvalue weighted by molar-refractivity contribution is 5.91. The molecule has 0 aliphatic heterocycles. The number of aromatic hydroxyl groups is 1. The van der Waals surface area contributed by atoms with Crippen LogP contribution in [0.2, 0.25) is 0 Å². The van der Waals surface area contributed by atoms with Gasteiger partial charge in [-0.2, -0.15) is 5.26 Å². The van der Waals surface area contributed by atoms with E-state index in [1.807, 2.05) is 24.3 Å². The zero-order chi connectivity index (χ0) is 17.3. The maximum atomic E-state index is 10.9. The molecule has 0 saturated heterocycles. The number of para-hydroxylation sites is 2. The molecule has 7 nitrogen and oxygen atoms in total. The van der Waals surface area contributed by atoms with Crippen molar-refractivity contribution in [1.29, 1.82) is 5.26 Å². The van der Waals surface area contributed by atoms with Gasteiger partial charge in [0.25, 0.3) is 0 Å². The van der Waals surface area contributed by atoms with Crippen molar-refractivity contribution in [3.8, 4) is 11.8 Å². The number of aromatic nitrogens is 2. The van der Waals surface area contributed by atoms with Gasteiger partial charge >= 0.3 is 5.69 Å². The van der Waals surface area contributed by atoms with Crippen LogP contribution in [-0.2, 0) is 7.05 Å². The molecule has 24 heavy (non-hydrogen) atoms. The number of fused-ring (bicyclic) bond motifs is 1. The summed E-state index contributed by atoms with van der Waals surface area (Å²) in [5.74, 6) is 0.0489. The first-order chi connectivity index (χ1) is 11.5. The summed E-state index contributed by atoms with van der Waals surface area (Å²) in [7, 11) is 1.80. The lowest BCUT2D eigenvalue weighted by atomic mass is 10.1. The Kier molecular flexibility index (Phi) is 3.72. The molecule has 0 atom stereocenters. The van der Waals surface area contributed by atoms with Gasteiger partial charge in [0, 0.05) is 13.1 Å². The number of imidazole rings is 1. The monoisotopic (exact) mass is 320 g/mol. The van der Waals surface area contributed by atoms with Crippen LogP contribution in [0.3, 0.4) is 0 Å². The van der Waals surface area contributed by atoms with Crippen molar-refractivity contribution in [2.45, 2.75) is 0 Å². The van der Waals surface area contributed by atoms with Gasteiger partial charge < -0.3 is 9.67 Å². The van der Waals surface area contributed by atoms with E-state index in [4.69, 9.17) is 0 Å². The Morgan fingerprint density at radius 3 is 2.79 bits per heavy atom. The molecule has 0 amide bonds. The first-order valence-electron chi connectivity index (χ1n) is 7.02. The molecular formula is C17H12N4O3. The number of nitrogens with zero attached hydrogens (tertiary/aromatic N) is 4. The molecular weight excluding hydrogens is 308 g/mol. The summed E-state index contributed by atoms with van der Waals surface area (Å²) in [5, 5.41) is 29.9. The van der Waals surface area contributed by atoms with Gasteiger partial charge in [-0.1, -0.05) is 18.2 Å². The number of phenols is 1. The van der Waals surface area contributed by atoms with Crippen molar-refractivity contribution in [1.82, 2.24) is 9.55 Å². The fourth-order valence-electron chi connectivity index (χ4n) is 2.48. The summed E-state index contributed by atoms with van der Waals surface area (Å²) in [6, 6.07) is 13.5. The Hall–Kier alpha value is -3.66. The van der Waals surface area contributed by atoms with Crippen molar-refractivity contribution >= 4 is 28.4 Å². The molecule has 118 valence electrons. The fourth-order valence-corrected chi connectivity index (χ4v) is 2.48. The predicted octanol–water partition coefficient (Wildman–Crippen LogP) is 3.25. The quantitative estimate of drug-likeness (QED) is 0.453. The van der Waals surface area contributed by atoms with E-state index in [2.05, 4.69) is 11.1 Å². The van der Waals surface area contributed by atoms with Crippen molar-refractivity contribution in [2.75, 3.05) is 0 Å². The van der Waals surface area contributed by atoms with Crippen LogP contribution in [0.5, 0.6) is 5.75 Å². The topological polar surface area (TPSA) is 105 Å². The highest BCUT2D eigenvalue weighted by Crippen LogP contribution is 2.28. The standard InChI is InChI=1S/C17H12N4O3/c1-20-14-5-3-2-4-13(14)19-17(20)12(10-18)8-11-6-7-16(22)15(9-11)21(23)24/h2-9,22H,1H3/b12-8-. The van der Waals surface area contributed by atoms with Gasteiger partial charge in [-0.25, -0.2) is 4.98 Å². The largest absolute Gasteiger partial charge is 0.502 e. The summed E-state index contributed by atoms with van der Waals surface area (Å²) in [5.41, 5.74) is 1.93. The average Bonchev–Trinajstić information content (AvgIpc) is 2.91. The molecule has 0 aliphatic carbocycles. The lowest BCUT2D eigenvalue weighted by molar-refractivity contribution is -0.385. The molecule has 0 unspecified atom stereocenters. The van der Waals surface area contributed by atoms with E-state index in [1.165, 1.54) is 24.3 Å². The molecule has 3 aromatic rings. The van der Waals surface area contributed by atoms with E-state index >= 15 is 0 Å². The maximum Gasteiger partial charge on any atom is 0.311 e. The molecule has 0 fully saturated rings. The van der Waals surface area contributed by atoms with Crippen LogP contribution >= 0.6 is 0 Å². The van der Waals surface area contributed by atoms with Gasteiger partial charge in [-0.05, 0) is 29.8 Å². The van der Waals surface area contributed by atoms with Crippen LogP contribution in [0.4, 0.5) is 5.69 Å². The Labute approximate surface area is 136 Å². The molecule has 0 aliphatic rings. The van der Waals surface area contributed by atoms with Gasteiger partial charge in [0.05, 0.1) is 21.5 Å². The predicted molar refractivity (Wildman–Crippen MR) is 89.0 cm³/mol. The smallest absolute Gasteiger partial charge is 0.311 e. The third kappa shape index (κ3) is 2.57. The second-order valence-electron chi connectivity index (χ2n) is 5.16. The third-order valence-electron chi connectivity index (χ3n) is 3.66. The SMILES string of the molecule is Cn1c(/C(C#N)=C\c2ccc(O)c([N+](=O)[O-])c2)nc2ccccc21. The number of nitro benzene ring substituents is 1. The number of aryl methyl sites for hydroxylation is 1. The van der Waals surface area contributed by atoms with Gasteiger partial charge in [0.2, 0.25) is 0 Å². The van der Waals surface area contributed by atoms with Gasteiger partial charge in [-0.3, -0.25) is 10.1 Å². The Bertz CT molecular complexity index is 1030. The minimum absolute atomic E-state index is 0.272. The molecule has 0 saturated carbocycles. The van der Waals surface area contributed by atoms with E-state index in [1.54, 1.807) is 11.6 Å². The number of nitro groups is 1. The summed E-state index contributed by atoms with van der Waals surface area (Å²) in [4.78, 5) is 14.7. The number of nitriles is 1. The Morgan fingerprint density at radius 2 is 2.12 bits per heavy atom. The zero-order valence-corrected chi connectivity index (χ0v) is 12.7. The molecule has 1 aromatic heterocycles. The molecule has 0 radical (unpaired) electrons. The zero-order valence-electron chi connectivity index (χ0n) is 12.7. The third-order valence-corrected chi connectivity index (χ3v) is 3.66. The number of rotatable bonds is 3. The minimum atomic E-state index is -0.673. The van der Waals surface area contributed by atoms with E-state index in [0.717, 1.165) is 11.0 Å². The van der Waals surface area contributed by atoms with Crippen LogP contribution in [0.15, 0.2) is 42.5 Å². The lowest BCUT2D eigenvalue weighted by Gasteiger charge is -2.02. The first kappa shape index (κ1) is 15.2. The highest BCUT2D eigenvalue weighted by Gasteiger charge is 2.15. The lowest BCUT2D eigenvalue weighted by Crippen LogP contribution is -1.96. The van der Waals surface area contributed by atoms with Crippen LogP contribution in [-0.4, -0.2) is 19.6 Å². The number of hydrogen-bond acceptors (Lipinski definition) is 5. The summed E-state index contributed by atoms with van der Waals surface area (Å²) in [6.45, 7) is 0. The number of hydrogen-bond donors (Lipinski definition) is 1. The molecule has 2 aromatic carbocycles. The second kappa shape index (κ2) is 5.85. The summed E-state index contributed by atoms with van der Waals surface area (Å²) < 4.78 is 1.79. The first-order valence-corrected chi connectivity index (χ1v) is 7.02. The van der Waals surface area contributed by atoms with E-state index < -0.39 is 16.4 Å². The van der Waals surface area contributed by atoms with Gasteiger partial charge in [0.15, 0.2) is 11.6 Å². The summed E-state index contributed by atoms with van der Waals surface area (Å²) >= 11 is 0. The highest BCUT2D eigenvalue weighted by atomic mass is 16.6. The van der Waals surface area contributed by atoms with Crippen molar-refractivity contribution < 1.29 is 10.0 Å². The van der Waals surface area contributed by atoms with E-state index in [9.17, 15) is 20.5 Å². The van der Waals surface area contributed by atoms with E-state index in [0.29, 0.717) is 11.4 Å². The normalized spacial score (nSPS) is 11.4. The van der Waals surface area contributed by atoms with Gasteiger partial charge in [-0.15, -0.1) is 0 Å². The number of phenolic OH excluding ortho intramolecular Hbond substituents is 1. The van der Waals surface area contributed by atoms with Crippen molar-refractivity contribution in [3.63, 3.8) is 0 Å². The van der Waals surface area contributed by atoms with Crippen molar-refractivity contribution in [3.05, 3.63) is 64.0 Å². The molecule has 0 spiro atoms. The molecule has 0 bridgehead atoms. The maximum absolute atomic E-state index is 10.9. The number of benzene rings is 2. The van der Waals surface area contributed by atoms with Crippen LogP contribution in [0, 0.1) is 21.4 Å². The van der Waals surface area contributed by atoms with E-state index in [-0.39, 0.29) is 5.57 Å². The Balaban J connectivity index is 2.13. The van der Waals surface area contributed by atoms with Gasteiger partial charge in [0.1, 0.15) is 6.07 Å². The van der Waals surface area contributed by atoms with Crippen molar-refractivity contribution in [2.24, 2.45) is 7.05 Å². The minimum Gasteiger partial charge on any atom is -0.502 e. The Morgan fingerprint density at radius 1 is 1.38 bits per heavy atom. The van der Waals surface area contributed by atoms with Crippen LogP contribution < -0.4 is 0 Å². The fraction of sp³-hybridized carbons (Fsp3) is 0.0588. The molecule has 1 N–H and O–H groups in total. The molecule has 7 heteroatoms. The average molecular weight is 320 g/mol. The molecule has 3 rings (SSSR count).